The van der Waals surface area contributed by atoms with Crippen LogP contribution in [0.5, 0.6) is 0 Å². The Kier molecular flexibility index (Phi) is 3.36. The fourth-order valence-electron chi connectivity index (χ4n) is 2.60. The summed E-state index contributed by atoms with van der Waals surface area (Å²) in [5.74, 6) is 0.232. The second-order valence-electron chi connectivity index (χ2n) is 4.95. The average Bonchev–Trinajstić information content (AvgIpc) is 2.95. The number of anilines is 1. The maximum atomic E-state index is 11.8. The highest BCUT2D eigenvalue weighted by molar-refractivity contribution is 5.92. The van der Waals surface area contributed by atoms with Crippen LogP contribution < -0.4 is 11.1 Å². The fourth-order valence-corrected chi connectivity index (χ4v) is 2.60. The number of aromatic amines is 1. The molecule has 0 radical (unpaired) electrons. The maximum Gasteiger partial charge on any atom is 0.269 e. The molecule has 5 heteroatoms. The Morgan fingerprint density at radius 3 is 2.82 bits per heavy atom. The molecule has 1 aromatic heterocycles. The molecular formula is C12H20N4O. The van der Waals surface area contributed by atoms with Crippen LogP contribution in [0.3, 0.4) is 0 Å². The lowest BCUT2D eigenvalue weighted by atomic mass is 9.83. The third-order valence-electron chi connectivity index (χ3n) is 3.88. The number of nitrogen functional groups attached to an aromatic ring is 1. The number of rotatable bonds is 4. The van der Waals surface area contributed by atoms with E-state index >= 15 is 0 Å². The third-order valence-corrected chi connectivity index (χ3v) is 3.88. The molecule has 5 nitrogen and oxygen atoms in total. The molecule has 0 spiro atoms. The fraction of sp³-hybridized carbons (Fsp3) is 0.667. The van der Waals surface area contributed by atoms with Crippen molar-refractivity contribution in [2.75, 3.05) is 12.3 Å². The van der Waals surface area contributed by atoms with Gasteiger partial charge in [-0.2, -0.15) is 5.10 Å². The quantitative estimate of drug-likeness (QED) is 0.743. The molecule has 1 aliphatic carbocycles. The van der Waals surface area contributed by atoms with Crippen molar-refractivity contribution in [2.24, 2.45) is 5.41 Å². The number of nitrogens with one attached hydrogen (secondary N) is 2. The number of H-pyrrole nitrogens is 1. The molecule has 1 amide bonds. The number of nitrogens with two attached hydrogens (primary N) is 1. The van der Waals surface area contributed by atoms with Gasteiger partial charge in [-0.05, 0) is 24.7 Å². The van der Waals surface area contributed by atoms with Gasteiger partial charge in [-0.15, -0.1) is 0 Å². The average molecular weight is 236 g/mol. The van der Waals surface area contributed by atoms with Gasteiger partial charge in [0.2, 0.25) is 0 Å². The van der Waals surface area contributed by atoms with Crippen LogP contribution in [0.25, 0.3) is 0 Å². The Hall–Kier alpha value is -1.52. The van der Waals surface area contributed by atoms with Crippen molar-refractivity contribution < 1.29 is 4.79 Å². The molecule has 1 heterocycles. The minimum atomic E-state index is -0.117. The molecule has 1 saturated carbocycles. The second-order valence-corrected chi connectivity index (χ2v) is 4.95. The number of amides is 1. The molecule has 0 saturated heterocycles. The summed E-state index contributed by atoms with van der Waals surface area (Å²) in [6, 6.07) is 1.56. The van der Waals surface area contributed by atoms with E-state index in [1.165, 1.54) is 25.7 Å². The Bertz CT molecular complexity index is 393. The summed E-state index contributed by atoms with van der Waals surface area (Å²) in [5.41, 5.74) is 6.21. The lowest BCUT2D eigenvalue weighted by Crippen LogP contribution is -2.35. The van der Waals surface area contributed by atoms with E-state index in [0.717, 1.165) is 13.0 Å². The van der Waals surface area contributed by atoms with Crippen LogP contribution in [0.2, 0.25) is 0 Å². The van der Waals surface area contributed by atoms with E-state index in [-0.39, 0.29) is 5.91 Å². The van der Waals surface area contributed by atoms with Crippen LogP contribution in [0.1, 0.15) is 49.5 Å². The number of carbonyl (C=O) groups is 1. The predicted octanol–water partition coefficient (Wildman–Crippen LogP) is 1.69. The summed E-state index contributed by atoms with van der Waals surface area (Å²) in [4.78, 5) is 11.8. The Morgan fingerprint density at radius 2 is 2.29 bits per heavy atom. The summed E-state index contributed by atoms with van der Waals surface area (Å²) in [6.07, 6.45) is 6.11. The van der Waals surface area contributed by atoms with E-state index in [1.54, 1.807) is 6.07 Å². The standard InChI is InChI=1S/C12H20N4O/c1-2-12(5-3-4-6-12)8-14-11(17)9-7-10(13)16-15-9/h7H,2-6,8H2,1H3,(H,14,17)(H3,13,15,16). The van der Waals surface area contributed by atoms with Gasteiger partial charge in [-0.25, -0.2) is 0 Å². The van der Waals surface area contributed by atoms with E-state index < -0.39 is 0 Å². The first-order chi connectivity index (χ1) is 8.15. The summed E-state index contributed by atoms with van der Waals surface area (Å²) >= 11 is 0. The lowest BCUT2D eigenvalue weighted by molar-refractivity contribution is 0.0923. The SMILES string of the molecule is CCC1(CNC(=O)c2cc(N)n[nH]2)CCCC1. The summed E-state index contributed by atoms with van der Waals surface area (Å²) in [6.45, 7) is 2.95. The summed E-state index contributed by atoms with van der Waals surface area (Å²) < 4.78 is 0. The van der Waals surface area contributed by atoms with Gasteiger partial charge in [0.25, 0.3) is 5.91 Å². The number of hydrogen-bond donors (Lipinski definition) is 3. The monoisotopic (exact) mass is 236 g/mol. The molecule has 94 valence electrons. The Balaban J connectivity index is 1.91. The molecule has 1 aromatic rings. The lowest BCUT2D eigenvalue weighted by Gasteiger charge is -2.27. The summed E-state index contributed by atoms with van der Waals surface area (Å²) in [5, 5.41) is 9.35. The predicted molar refractivity (Wildman–Crippen MR) is 66.5 cm³/mol. The van der Waals surface area contributed by atoms with Gasteiger partial charge in [0.1, 0.15) is 11.5 Å². The molecule has 1 aliphatic rings. The van der Waals surface area contributed by atoms with Crippen molar-refractivity contribution in [1.29, 1.82) is 0 Å². The molecular weight excluding hydrogens is 216 g/mol. The molecule has 1 fully saturated rings. The summed E-state index contributed by atoms with van der Waals surface area (Å²) in [7, 11) is 0. The number of carbonyl (C=O) groups excluding carboxylic acids is 1. The number of nitrogens with zero attached hydrogens (tertiary/aromatic N) is 1. The van der Waals surface area contributed by atoms with Crippen molar-refractivity contribution in [2.45, 2.75) is 39.0 Å². The van der Waals surface area contributed by atoms with Crippen LogP contribution in [0, 0.1) is 5.41 Å². The van der Waals surface area contributed by atoms with E-state index in [0.29, 0.717) is 16.9 Å². The van der Waals surface area contributed by atoms with Gasteiger partial charge in [0.15, 0.2) is 0 Å². The van der Waals surface area contributed by atoms with Gasteiger partial charge in [0.05, 0.1) is 0 Å². The largest absolute Gasteiger partial charge is 0.382 e. The van der Waals surface area contributed by atoms with Crippen molar-refractivity contribution in [1.82, 2.24) is 15.5 Å². The smallest absolute Gasteiger partial charge is 0.269 e. The van der Waals surface area contributed by atoms with Crippen molar-refractivity contribution in [3.8, 4) is 0 Å². The zero-order valence-corrected chi connectivity index (χ0v) is 10.3. The van der Waals surface area contributed by atoms with E-state index in [2.05, 4.69) is 22.4 Å². The molecule has 0 atom stereocenters. The van der Waals surface area contributed by atoms with Crippen LogP contribution in [0.4, 0.5) is 5.82 Å². The second kappa shape index (κ2) is 4.77. The van der Waals surface area contributed by atoms with E-state index in [9.17, 15) is 4.79 Å². The van der Waals surface area contributed by atoms with Gasteiger partial charge in [-0.3, -0.25) is 9.89 Å². The van der Waals surface area contributed by atoms with Gasteiger partial charge < -0.3 is 11.1 Å². The highest BCUT2D eigenvalue weighted by Gasteiger charge is 2.32. The molecule has 4 N–H and O–H groups in total. The molecule has 17 heavy (non-hydrogen) atoms. The van der Waals surface area contributed by atoms with Crippen LogP contribution >= 0.6 is 0 Å². The highest BCUT2D eigenvalue weighted by atomic mass is 16.1. The normalized spacial score (nSPS) is 18.2. The molecule has 0 aromatic carbocycles. The number of hydrogen-bond acceptors (Lipinski definition) is 3. The first kappa shape index (κ1) is 12.0. The van der Waals surface area contributed by atoms with E-state index in [4.69, 9.17) is 5.73 Å². The zero-order chi connectivity index (χ0) is 12.3. The molecule has 0 bridgehead atoms. The minimum absolute atomic E-state index is 0.117. The van der Waals surface area contributed by atoms with Crippen molar-refractivity contribution >= 4 is 11.7 Å². The minimum Gasteiger partial charge on any atom is -0.382 e. The van der Waals surface area contributed by atoms with Crippen LogP contribution in [-0.4, -0.2) is 22.6 Å². The topological polar surface area (TPSA) is 83.8 Å². The Morgan fingerprint density at radius 1 is 1.59 bits per heavy atom. The van der Waals surface area contributed by atoms with Crippen LogP contribution in [-0.2, 0) is 0 Å². The Labute approximate surface area is 101 Å². The van der Waals surface area contributed by atoms with Gasteiger partial charge in [-0.1, -0.05) is 19.8 Å². The first-order valence-corrected chi connectivity index (χ1v) is 6.24. The molecule has 0 aliphatic heterocycles. The molecule has 0 unspecified atom stereocenters. The number of aromatic nitrogens is 2. The zero-order valence-electron chi connectivity index (χ0n) is 10.3. The van der Waals surface area contributed by atoms with E-state index in [1.807, 2.05) is 0 Å². The van der Waals surface area contributed by atoms with Crippen molar-refractivity contribution in [3.05, 3.63) is 11.8 Å². The maximum absolute atomic E-state index is 11.8. The van der Waals surface area contributed by atoms with Gasteiger partial charge in [0, 0.05) is 12.6 Å². The molecule has 2 rings (SSSR count). The van der Waals surface area contributed by atoms with Crippen molar-refractivity contribution in [3.63, 3.8) is 0 Å². The third kappa shape index (κ3) is 2.60. The van der Waals surface area contributed by atoms with Crippen LogP contribution in [0.15, 0.2) is 6.07 Å². The first-order valence-electron chi connectivity index (χ1n) is 6.24. The highest BCUT2D eigenvalue weighted by Crippen LogP contribution is 2.40. The van der Waals surface area contributed by atoms with Gasteiger partial charge >= 0.3 is 0 Å².